The molecule has 3 aliphatic heterocycles. The minimum atomic E-state index is -1.98. The molecule has 3 fully saturated rings. The van der Waals surface area contributed by atoms with Gasteiger partial charge in [-0.15, -0.1) is 0 Å². The second-order valence-corrected chi connectivity index (χ2v) is 29.9. The van der Waals surface area contributed by atoms with E-state index >= 15 is 0 Å². The van der Waals surface area contributed by atoms with Gasteiger partial charge in [0, 0.05) is 6.42 Å². The topological polar surface area (TPSA) is 307 Å². The molecule has 0 radical (unpaired) electrons. The van der Waals surface area contributed by atoms with Crippen molar-refractivity contribution in [3.8, 4) is 0 Å². The largest absolute Gasteiger partial charge is 0.394 e. The van der Waals surface area contributed by atoms with Crippen molar-refractivity contribution in [3.63, 3.8) is 0 Å². The van der Waals surface area contributed by atoms with Crippen molar-refractivity contribution < 1.29 is 89.4 Å². The first-order valence-electron chi connectivity index (χ1n) is 41.6. The van der Waals surface area contributed by atoms with Gasteiger partial charge in [-0.1, -0.05) is 327 Å². The van der Waals surface area contributed by atoms with Crippen LogP contribution in [-0.4, -0.2) is 193 Å². The molecular formula is C81H153NO18. The molecule has 17 atom stereocenters. The number of unbranched alkanes of at least 4 members (excludes halogenated alkanes) is 49. The number of nitrogens with one attached hydrogen (secondary N) is 1. The first kappa shape index (κ1) is 92.5. The zero-order chi connectivity index (χ0) is 72.5. The highest BCUT2D eigenvalue weighted by molar-refractivity contribution is 5.76. The fraction of sp³-hybridized carbons (Fsp3) is 0.938. The van der Waals surface area contributed by atoms with Crippen LogP contribution in [0.2, 0.25) is 0 Å². The molecule has 0 saturated carbocycles. The lowest BCUT2D eigenvalue weighted by Gasteiger charge is -2.48. The summed E-state index contributed by atoms with van der Waals surface area (Å²) in [4.78, 5) is 13.4. The molecule has 3 heterocycles. The number of carbonyl (C=O) groups is 1. The number of amides is 1. The van der Waals surface area contributed by atoms with E-state index in [0.29, 0.717) is 6.42 Å². The first-order chi connectivity index (χ1) is 48.8. The first-order valence-corrected chi connectivity index (χ1v) is 41.6. The van der Waals surface area contributed by atoms with Crippen molar-refractivity contribution >= 4 is 5.91 Å². The Kier molecular flexibility index (Phi) is 57.6. The van der Waals surface area contributed by atoms with Crippen molar-refractivity contribution in [2.45, 2.75) is 458 Å². The van der Waals surface area contributed by atoms with E-state index in [4.69, 9.17) is 28.4 Å². The predicted octanol–water partition coefficient (Wildman–Crippen LogP) is 14.1. The molecular weight excluding hydrogens is 1270 g/mol. The molecule has 17 unspecified atom stereocenters. The van der Waals surface area contributed by atoms with Crippen LogP contribution in [0.25, 0.3) is 0 Å². The van der Waals surface area contributed by atoms with E-state index in [-0.39, 0.29) is 18.9 Å². The molecule has 3 saturated heterocycles. The fourth-order valence-corrected chi connectivity index (χ4v) is 14.3. The van der Waals surface area contributed by atoms with E-state index < -0.39 is 124 Å². The third-order valence-electron chi connectivity index (χ3n) is 21.0. The Balaban J connectivity index is 1.26. The monoisotopic (exact) mass is 1430 g/mol. The SMILES string of the molecule is CCCCCCCCCC/C=C\CCCCCCCCCCCCCCCCCCCCCCCCCCCCCCCC(=O)NC(COC1OC(CO)C(OC2OC(CO)C(OC3OC(CO)C(O)C(O)C3O)C(O)C2O)C(O)C1O)C(O)/C=C/CCCCCCCCCCCCCC. The van der Waals surface area contributed by atoms with Crippen LogP contribution < -0.4 is 5.32 Å². The fourth-order valence-electron chi connectivity index (χ4n) is 14.3. The molecule has 0 aromatic heterocycles. The Morgan fingerprint density at radius 1 is 0.350 bits per heavy atom. The van der Waals surface area contributed by atoms with Gasteiger partial charge in [-0.25, -0.2) is 0 Å². The smallest absolute Gasteiger partial charge is 0.220 e. The number of aliphatic hydroxyl groups excluding tert-OH is 11. The molecule has 100 heavy (non-hydrogen) atoms. The van der Waals surface area contributed by atoms with Crippen LogP contribution in [0.3, 0.4) is 0 Å². The summed E-state index contributed by atoms with van der Waals surface area (Å²) in [5.74, 6) is -0.269. The summed E-state index contributed by atoms with van der Waals surface area (Å²) < 4.78 is 34.4. The van der Waals surface area contributed by atoms with Crippen LogP contribution >= 0.6 is 0 Å². The van der Waals surface area contributed by atoms with E-state index in [2.05, 4.69) is 31.3 Å². The van der Waals surface area contributed by atoms with E-state index in [9.17, 15) is 61.0 Å². The van der Waals surface area contributed by atoms with Gasteiger partial charge in [0.2, 0.25) is 5.91 Å². The molecule has 1 amide bonds. The zero-order valence-corrected chi connectivity index (χ0v) is 63.2. The number of ether oxygens (including phenoxy) is 6. The average Bonchev–Trinajstić information content (AvgIpc) is 0.783. The number of hydrogen-bond donors (Lipinski definition) is 12. The molecule has 0 aromatic rings. The third kappa shape index (κ3) is 42.0. The Morgan fingerprint density at radius 2 is 0.630 bits per heavy atom. The minimum Gasteiger partial charge on any atom is -0.394 e. The highest BCUT2D eigenvalue weighted by Gasteiger charge is 2.54. The molecule has 19 heteroatoms. The summed E-state index contributed by atoms with van der Waals surface area (Å²) in [7, 11) is 0. The number of carbonyl (C=O) groups excluding carboxylic acids is 1. The molecule has 0 spiro atoms. The van der Waals surface area contributed by atoms with Crippen molar-refractivity contribution in [3.05, 3.63) is 24.3 Å². The predicted molar refractivity (Wildman–Crippen MR) is 397 cm³/mol. The van der Waals surface area contributed by atoms with Gasteiger partial charge in [-0.3, -0.25) is 4.79 Å². The number of hydrogen-bond acceptors (Lipinski definition) is 18. The van der Waals surface area contributed by atoms with E-state index in [1.807, 2.05) is 6.08 Å². The Bertz CT molecular complexity index is 1900. The molecule has 0 aromatic carbocycles. The lowest BCUT2D eigenvalue weighted by Crippen LogP contribution is -2.66. The third-order valence-corrected chi connectivity index (χ3v) is 21.0. The molecule has 590 valence electrons. The number of allylic oxidation sites excluding steroid dienone is 3. The van der Waals surface area contributed by atoms with Gasteiger partial charge in [-0.05, 0) is 44.9 Å². The summed E-state index contributed by atoms with van der Waals surface area (Å²) in [5, 5.41) is 121. The molecule has 0 aliphatic carbocycles. The standard InChI is InChI=1S/C81H153NO18/c1-3-5-7-9-11-13-15-17-19-20-21-22-23-24-25-26-27-28-29-30-31-32-33-34-35-36-37-38-39-40-41-42-43-44-45-47-49-51-53-55-57-59-69(87)82-64(65(86)58-56-54-52-50-48-46-18-16-14-12-10-8-6-4-2)63-95-79-75(93)72(90)77(67(61-84)97-79)100-81-76(94)73(91)78(68(62-85)98-81)99-80-74(92)71(89)70(88)66(60-83)96-80/h20-21,56,58,64-68,70-81,83-86,88-94H,3-19,22-55,57,59-63H2,1-2H3,(H,82,87)/b21-20-,58-56+. The van der Waals surface area contributed by atoms with Crippen LogP contribution in [0, 0.1) is 0 Å². The highest BCUT2D eigenvalue weighted by Crippen LogP contribution is 2.33. The lowest BCUT2D eigenvalue weighted by molar-refractivity contribution is -0.379. The Morgan fingerprint density at radius 3 is 0.970 bits per heavy atom. The van der Waals surface area contributed by atoms with Crippen LogP contribution in [0.5, 0.6) is 0 Å². The molecule has 19 nitrogen and oxygen atoms in total. The van der Waals surface area contributed by atoms with Crippen LogP contribution in [0.1, 0.15) is 354 Å². The van der Waals surface area contributed by atoms with Gasteiger partial charge < -0.3 is 89.9 Å². The van der Waals surface area contributed by atoms with Crippen LogP contribution in [0.4, 0.5) is 0 Å². The van der Waals surface area contributed by atoms with E-state index in [1.165, 1.54) is 283 Å². The molecule has 0 bridgehead atoms. The van der Waals surface area contributed by atoms with Crippen molar-refractivity contribution in [1.82, 2.24) is 5.32 Å². The highest BCUT2D eigenvalue weighted by atomic mass is 16.8. The zero-order valence-electron chi connectivity index (χ0n) is 63.2. The van der Waals surface area contributed by atoms with E-state index in [0.717, 1.165) is 44.9 Å². The number of aliphatic hydroxyl groups is 11. The summed E-state index contributed by atoms with van der Waals surface area (Å²) in [6.07, 6.45) is 49.3. The van der Waals surface area contributed by atoms with Crippen molar-refractivity contribution in [1.29, 1.82) is 0 Å². The Labute approximate surface area is 607 Å². The quantitative estimate of drug-likeness (QED) is 0.0199. The minimum absolute atomic E-state index is 0.249. The van der Waals surface area contributed by atoms with Gasteiger partial charge in [0.25, 0.3) is 0 Å². The maximum Gasteiger partial charge on any atom is 0.220 e. The average molecular weight is 1430 g/mol. The van der Waals surface area contributed by atoms with Crippen molar-refractivity contribution in [2.75, 3.05) is 26.4 Å². The van der Waals surface area contributed by atoms with Gasteiger partial charge >= 0.3 is 0 Å². The summed E-state index contributed by atoms with van der Waals surface area (Å²) in [6.45, 7) is 1.77. The van der Waals surface area contributed by atoms with E-state index in [1.54, 1.807) is 6.08 Å². The normalized spacial score (nSPS) is 26.5. The van der Waals surface area contributed by atoms with Crippen LogP contribution in [0.15, 0.2) is 24.3 Å². The van der Waals surface area contributed by atoms with Gasteiger partial charge in [0.1, 0.15) is 73.2 Å². The summed E-state index contributed by atoms with van der Waals surface area (Å²) in [6, 6.07) is -0.970. The summed E-state index contributed by atoms with van der Waals surface area (Å²) >= 11 is 0. The van der Waals surface area contributed by atoms with Crippen LogP contribution in [-0.2, 0) is 33.2 Å². The van der Waals surface area contributed by atoms with Gasteiger partial charge in [-0.2, -0.15) is 0 Å². The maximum atomic E-state index is 13.4. The molecule has 3 rings (SSSR count). The van der Waals surface area contributed by atoms with Gasteiger partial charge in [0.05, 0.1) is 38.6 Å². The molecule has 12 N–H and O–H groups in total. The summed E-state index contributed by atoms with van der Waals surface area (Å²) in [5.41, 5.74) is 0. The van der Waals surface area contributed by atoms with Crippen molar-refractivity contribution in [2.24, 2.45) is 0 Å². The van der Waals surface area contributed by atoms with Gasteiger partial charge in [0.15, 0.2) is 18.9 Å². The second-order valence-electron chi connectivity index (χ2n) is 29.9. The lowest BCUT2D eigenvalue weighted by atomic mass is 9.96. The second kappa shape index (κ2) is 62.3. The maximum absolute atomic E-state index is 13.4. The number of rotatable bonds is 67. The molecule has 3 aliphatic rings. The Hall–Kier alpha value is -1.73.